The summed E-state index contributed by atoms with van der Waals surface area (Å²) >= 11 is 0. The van der Waals surface area contributed by atoms with Crippen LogP contribution in [0.4, 0.5) is 4.39 Å². The van der Waals surface area contributed by atoms with Gasteiger partial charge in [-0.15, -0.1) is 0 Å². The molecule has 3 aromatic rings. The molecule has 0 spiro atoms. The molecule has 4 heterocycles. The molecule has 0 bridgehead atoms. The molecule has 1 saturated heterocycles. The fourth-order valence-corrected chi connectivity index (χ4v) is 5.26. The number of pyridine rings is 2. The van der Waals surface area contributed by atoms with E-state index in [9.17, 15) is 9.18 Å². The second-order valence-corrected chi connectivity index (χ2v) is 9.52. The maximum atomic E-state index is 14.0. The van der Waals surface area contributed by atoms with Crippen LogP contribution in [0.1, 0.15) is 66.4 Å². The van der Waals surface area contributed by atoms with Gasteiger partial charge in [-0.2, -0.15) is 5.10 Å². The van der Waals surface area contributed by atoms with E-state index in [0.29, 0.717) is 30.2 Å². The van der Waals surface area contributed by atoms with Crippen molar-refractivity contribution in [1.82, 2.24) is 24.6 Å². The number of aromatic nitrogens is 4. The highest BCUT2D eigenvalue weighted by atomic mass is 19.1. The van der Waals surface area contributed by atoms with Crippen LogP contribution >= 0.6 is 0 Å². The summed E-state index contributed by atoms with van der Waals surface area (Å²) in [6, 6.07) is 3.42. The van der Waals surface area contributed by atoms with E-state index < -0.39 is 0 Å². The molecular weight excluding hydrogens is 421 g/mol. The van der Waals surface area contributed by atoms with E-state index in [2.05, 4.69) is 34.3 Å². The molecule has 0 radical (unpaired) electrons. The van der Waals surface area contributed by atoms with Crippen LogP contribution in [-0.4, -0.2) is 37.2 Å². The Balaban J connectivity index is 1.21. The van der Waals surface area contributed by atoms with Gasteiger partial charge in [-0.05, 0) is 81.5 Å². The highest BCUT2D eigenvalue weighted by Gasteiger charge is 2.37. The lowest BCUT2D eigenvalue weighted by Gasteiger charge is -2.32. The minimum Gasteiger partial charge on any atom is -0.272 e. The smallest absolute Gasteiger partial charge is 0.249 e. The molecular formula is C25H30FN5O2. The molecule has 1 amide bonds. The molecule has 1 atom stereocenters. The van der Waals surface area contributed by atoms with Crippen molar-refractivity contribution < 1.29 is 14.0 Å². The molecule has 8 heteroatoms. The van der Waals surface area contributed by atoms with Crippen molar-refractivity contribution >= 4 is 11.6 Å². The van der Waals surface area contributed by atoms with Crippen LogP contribution < -0.4 is 0 Å². The number of hydrogen-bond acceptors (Lipinski definition) is 5. The predicted octanol–water partition coefficient (Wildman–Crippen LogP) is 4.44. The van der Waals surface area contributed by atoms with E-state index in [1.807, 2.05) is 11.4 Å². The zero-order valence-electron chi connectivity index (χ0n) is 19.4. The van der Waals surface area contributed by atoms with Crippen molar-refractivity contribution in [3.05, 3.63) is 58.6 Å². The number of hydrogen-bond donors (Lipinski definition) is 0. The maximum Gasteiger partial charge on any atom is 0.249 e. The molecule has 174 valence electrons. The monoisotopic (exact) mass is 451 g/mol. The molecule has 0 N–H and O–H groups in total. The van der Waals surface area contributed by atoms with E-state index in [1.54, 1.807) is 13.1 Å². The van der Waals surface area contributed by atoms with E-state index in [4.69, 9.17) is 4.84 Å². The maximum absolute atomic E-state index is 14.0. The average Bonchev–Trinajstić information content (AvgIpc) is 3.42. The Morgan fingerprint density at radius 3 is 2.70 bits per heavy atom. The Hall–Kier alpha value is -2.87. The first-order chi connectivity index (χ1) is 15.9. The highest BCUT2D eigenvalue weighted by molar-refractivity contribution is 5.78. The minimum atomic E-state index is -0.346. The van der Waals surface area contributed by atoms with Crippen LogP contribution in [0.15, 0.2) is 24.5 Å². The molecule has 1 saturated carbocycles. The lowest BCUT2D eigenvalue weighted by atomic mass is 9.79. The van der Waals surface area contributed by atoms with Gasteiger partial charge in [0.2, 0.25) is 5.91 Å². The molecule has 2 fully saturated rings. The normalized spacial score (nSPS) is 23.4. The zero-order valence-corrected chi connectivity index (χ0v) is 19.4. The molecule has 0 unspecified atom stereocenters. The van der Waals surface area contributed by atoms with Gasteiger partial charge < -0.3 is 0 Å². The van der Waals surface area contributed by atoms with Crippen LogP contribution in [0.2, 0.25) is 0 Å². The van der Waals surface area contributed by atoms with Gasteiger partial charge in [0.15, 0.2) is 5.65 Å². The lowest BCUT2D eigenvalue weighted by Crippen LogP contribution is -2.36. The van der Waals surface area contributed by atoms with Gasteiger partial charge in [0.25, 0.3) is 0 Å². The summed E-state index contributed by atoms with van der Waals surface area (Å²) in [4.78, 5) is 27.6. The number of fused-ring (bicyclic) bond motifs is 1. The van der Waals surface area contributed by atoms with Gasteiger partial charge in [0, 0.05) is 24.7 Å². The summed E-state index contributed by atoms with van der Waals surface area (Å²) in [5.74, 6) is 0.948. The van der Waals surface area contributed by atoms with Crippen molar-refractivity contribution in [3.8, 4) is 0 Å². The summed E-state index contributed by atoms with van der Waals surface area (Å²) < 4.78 is 15.9. The molecule has 1 aliphatic heterocycles. The third kappa shape index (κ3) is 4.36. The van der Waals surface area contributed by atoms with Crippen molar-refractivity contribution in [3.63, 3.8) is 0 Å². The number of aryl methyl sites for hydroxylation is 3. The van der Waals surface area contributed by atoms with Crippen LogP contribution in [0.3, 0.4) is 0 Å². The largest absolute Gasteiger partial charge is 0.272 e. The first-order valence-electron chi connectivity index (χ1n) is 11.8. The van der Waals surface area contributed by atoms with Crippen molar-refractivity contribution in [2.45, 2.75) is 65.3 Å². The third-order valence-electron chi connectivity index (χ3n) is 7.05. The lowest BCUT2D eigenvalue weighted by molar-refractivity contribution is -0.183. The van der Waals surface area contributed by atoms with E-state index in [-0.39, 0.29) is 23.7 Å². The Bertz CT molecular complexity index is 1180. The highest BCUT2D eigenvalue weighted by Crippen LogP contribution is 2.37. The second kappa shape index (κ2) is 8.82. The molecule has 3 aromatic heterocycles. The molecule has 7 nitrogen and oxygen atoms in total. The SMILES string of the molecule is Cc1nc2c(C)cc(CC3CCC(C(=O)N4OCC[C@H]4c4cnc(C)c(F)c4)CC3)cn2n1. The van der Waals surface area contributed by atoms with Crippen molar-refractivity contribution in [1.29, 1.82) is 0 Å². The van der Waals surface area contributed by atoms with E-state index in [0.717, 1.165) is 49.1 Å². The summed E-state index contributed by atoms with van der Waals surface area (Å²) in [5, 5.41) is 5.95. The van der Waals surface area contributed by atoms with Crippen LogP contribution in [0.25, 0.3) is 5.65 Å². The summed E-state index contributed by atoms with van der Waals surface area (Å²) in [7, 11) is 0. The van der Waals surface area contributed by atoms with Crippen LogP contribution in [0, 0.1) is 38.4 Å². The number of nitrogens with zero attached hydrogens (tertiary/aromatic N) is 5. The Labute approximate surface area is 192 Å². The van der Waals surface area contributed by atoms with Crippen LogP contribution in [-0.2, 0) is 16.1 Å². The number of amides is 1. The first-order valence-corrected chi connectivity index (χ1v) is 11.8. The molecule has 5 rings (SSSR count). The quantitative estimate of drug-likeness (QED) is 0.586. The van der Waals surface area contributed by atoms with Gasteiger partial charge in [0.1, 0.15) is 11.6 Å². The predicted molar refractivity (Wildman–Crippen MR) is 121 cm³/mol. The second-order valence-electron chi connectivity index (χ2n) is 9.52. The fraction of sp³-hybridized carbons (Fsp3) is 0.520. The van der Waals surface area contributed by atoms with E-state index >= 15 is 0 Å². The number of rotatable bonds is 4. The number of halogens is 1. The first kappa shape index (κ1) is 21.9. The standard InChI is InChI=1S/C25H30FN5O2/c1-15-10-19(14-30-24(15)28-17(3)29-30)11-18-4-6-20(7-5-18)25(32)31-23(8-9-33-31)21-12-22(26)16(2)27-13-21/h10,12-14,18,20,23H,4-9,11H2,1-3H3/t18?,20?,23-/m0/s1. The van der Waals surface area contributed by atoms with E-state index in [1.165, 1.54) is 16.7 Å². The molecule has 0 aromatic carbocycles. The summed E-state index contributed by atoms with van der Waals surface area (Å²) in [5.41, 5.74) is 4.37. The zero-order chi connectivity index (χ0) is 23.1. The topological polar surface area (TPSA) is 72.6 Å². The van der Waals surface area contributed by atoms with Gasteiger partial charge in [-0.25, -0.2) is 19.0 Å². The van der Waals surface area contributed by atoms with Gasteiger partial charge in [0.05, 0.1) is 18.3 Å². The minimum absolute atomic E-state index is 0.0206. The van der Waals surface area contributed by atoms with Gasteiger partial charge >= 0.3 is 0 Å². The Kier molecular flexibility index (Phi) is 5.86. The summed E-state index contributed by atoms with van der Waals surface area (Å²) in [6.07, 6.45) is 9.08. The van der Waals surface area contributed by atoms with Crippen molar-refractivity contribution in [2.24, 2.45) is 11.8 Å². The Morgan fingerprint density at radius 2 is 1.94 bits per heavy atom. The van der Waals surface area contributed by atoms with Crippen molar-refractivity contribution in [2.75, 3.05) is 6.61 Å². The molecule has 2 aliphatic rings. The number of hydroxylamine groups is 2. The fourth-order valence-electron chi connectivity index (χ4n) is 5.26. The van der Waals surface area contributed by atoms with Gasteiger partial charge in [-0.3, -0.25) is 14.6 Å². The molecule has 33 heavy (non-hydrogen) atoms. The number of carbonyl (C=O) groups is 1. The number of carbonyl (C=O) groups excluding carboxylic acids is 1. The Morgan fingerprint density at radius 1 is 1.15 bits per heavy atom. The third-order valence-corrected chi connectivity index (χ3v) is 7.05. The average molecular weight is 452 g/mol. The van der Waals surface area contributed by atoms with Crippen LogP contribution in [0.5, 0.6) is 0 Å². The molecule has 1 aliphatic carbocycles. The van der Waals surface area contributed by atoms with Gasteiger partial charge in [-0.1, -0.05) is 6.07 Å². The summed E-state index contributed by atoms with van der Waals surface area (Å²) in [6.45, 7) is 6.08.